The van der Waals surface area contributed by atoms with E-state index in [0.717, 1.165) is 17.1 Å². The van der Waals surface area contributed by atoms with Crippen LogP contribution in [0.2, 0.25) is 5.02 Å². The van der Waals surface area contributed by atoms with Crippen molar-refractivity contribution in [1.29, 1.82) is 0 Å². The van der Waals surface area contributed by atoms with E-state index >= 15 is 0 Å². The highest BCUT2D eigenvalue weighted by atomic mass is 35.5. The van der Waals surface area contributed by atoms with Gasteiger partial charge < -0.3 is 14.9 Å². The Bertz CT molecular complexity index is 992. The molecule has 2 aromatic carbocycles. The van der Waals surface area contributed by atoms with E-state index < -0.39 is 22.0 Å². The summed E-state index contributed by atoms with van der Waals surface area (Å²) in [6.45, 7) is 3.13. The van der Waals surface area contributed by atoms with Crippen LogP contribution in [0.4, 0.5) is 0 Å². The van der Waals surface area contributed by atoms with E-state index in [2.05, 4.69) is 4.90 Å². The molecular weight excluding hydrogens is 448 g/mol. The Morgan fingerprint density at radius 3 is 2.06 bits per heavy atom. The van der Waals surface area contributed by atoms with Crippen LogP contribution in [-0.4, -0.2) is 73.1 Å². The van der Waals surface area contributed by atoms with E-state index in [9.17, 15) is 8.42 Å². The third kappa shape index (κ3) is 7.21. The summed E-state index contributed by atoms with van der Waals surface area (Å²) in [5, 5.41) is 15.5. The van der Waals surface area contributed by atoms with Crippen LogP contribution in [0.15, 0.2) is 53.4 Å². The zero-order chi connectivity index (χ0) is 23.0. The van der Waals surface area contributed by atoms with E-state index in [0.29, 0.717) is 36.8 Å². The second kappa shape index (κ2) is 11.1. The van der Waals surface area contributed by atoms with Crippen molar-refractivity contribution in [2.75, 3.05) is 33.3 Å². The van der Waals surface area contributed by atoms with Gasteiger partial charge in [-0.2, -0.15) is 4.31 Å². The number of sulfonamides is 1. The molecule has 2 aromatic rings. The molecule has 1 aliphatic heterocycles. The molecule has 1 fully saturated rings. The minimum atomic E-state index is -3.46. The van der Waals surface area contributed by atoms with E-state index in [-0.39, 0.29) is 0 Å². The van der Waals surface area contributed by atoms with Gasteiger partial charge in [0.1, 0.15) is 5.75 Å². The standard InChI is InChI=1S/C18H21ClN2O3S.C2H2O4/c1-24-17-5-7-18(8-6-17)25(22,23)21-11-9-20(10-12-21)14-15-3-2-4-16(19)13-15;3-1(4)2(5)6/h2-8,13H,9-12,14H2,1H3;(H,3,4)(H,5,6). The molecule has 0 aromatic heterocycles. The molecule has 1 aliphatic rings. The van der Waals surface area contributed by atoms with Crippen LogP contribution in [0.1, 0.15) is 5.56 Å². The topological polar surface area (TPSA) is 124 Å². The lowest BCUT2D eigenvalue weighted by Gasteiger charge is -2.34. The summed E-state index contributed by atoms with van der Waals surface area (Å²) in [4.78, 5) is 20.7. The average molecular weight is 471 g/mol. The van der Waals surface area contributed by atoms with E-state index in [1.54, 1.807) is 35.7 Å². The average Bonchev–Trinajstić information content (AvgIpc) is 2.74. The van der Waals surface area contributed by atoms with Gasteiger partial charge in [0.15, 0.2) is 0 Å². The number of carboxylic acids is 2. The largest absolute Gasteiger partial charge is 0.497 e. The van der Waals surface area contributed by atoms with Gasteiger partial charge in [0.2, 0.25) is 10.0 Å². The minimum Gasteiger partial charge on any atom is -0.497 e. The molecule has 3 rings (SSSR count). The van der Waals surface area contributed by atoms with Crippen molar-refractivity contribution < 1.29 is 33.0 Å². The van der Waals surface area contributed by atoms with Gasteiger partial charge in [-0.15, -0.1) is 0 Å². The molecule has 0 radical (unpaired) electrons. The van der Waals surface area contributed by atoms with Crippen LogP contribution in [0.3, 0.4) is 0 Å². The number of ether oxygens (including phenoxy) is 1. The number of benzene rings is 2. The number of carbonyl (C=O) groups is 2. The van der Waals surface area contributed by atoms with Crippen LogP contribution in [-0.2, 0) is 26.2 Å². The number of piperazine rings is 1. The highest BCUT2D eigenvalue weighted by Gasteiger charge is 2.28. The zero-order valence-electron chi connectivity index (χ0n) is 16.8. The van der Waals surface area contributed by atoms with Crippen molar-refractivity contribution >= 4 is 33.6 Å². The third-order valence-electron chi connectivity index (χ3n) is 4.51. The second-order valence-electron chi connectivity index (χ2n) is 6.60. The molecule has 1 heterocycles. The van der Waals surface area contributed by atoms with Crippen molar-refractivity contribution in [3.63, 3.8) is 0 Å². The number of aliphatic carboxylic acids is 2. The van der Waals surface area contributed by atoms with Crippen LogP contribution >= 0.6 is 11.6 Å². The number of hydrogen-bond donors (Lipinski definition) is 2. The number of hydrogen-bond acceptors (Lipinski definition) is 6. The maximum Gasteiger partial charge on any atom is 0.414 e. The Labute approximate surface area is 185 Å². The number of rotatable bonds is 5. The predicted octanol–water partition coefficient (Wildman–Crippen LogP) is 2.01. The molecule has 0 bridgehead atoms. The molecule has 0 atom stereocenters. The summed E-state index contributed by atoms with van der Waals surface area (Å²) in [5.74, 6) is -3.00. The maximum atomic E-state index is 12.7. The number of nitrogens with zero attached hydrogens (tertiary/aromatic N) is 2. The predicted molar refractivity (Wildman–Crippen MR) is 114 cm³/mol. The van der Waals surface area contributed by atoms with Crippen molar-refractivity contribution in [3.05, 3.63) is 59.1 Å². The van der Waals surface area contributed by atoms with Crippen molar-refractivity contribution in [2.45, 2.75) is 11.4 Å². The van der Waals surface area contributed by atoms with Crippen molar-refractivity contribution in [1.82, 2.24) is 9.21 Å². The first kappa shape index (κ1) is 24.6. The molecule has 0 unspecified atom stereocenters. The highest BCUT2D eigenvalue weighted by molar-refractivity contribution is 7.89. The lowest BCUT2D eigenvalue weighted by Crippen LogP contribution is -2.48. The first-order valence-corrected chi connectivity index (χ1v) is 11.0. The molecule has 2 N–H and O–H groups in total. The highest BCUT2D eigenvalue weighted by Crippen LogP contribution is 2.21. The molecule has 0 aliphatic carbocycles. The number of halogens is 1. The maximum absolute atomic E-state index is 12.7. The monoisotopic (exact) mass is 470 g/mol. The fourth-order valence-electron chi connectivity index (χ4n) is 2.92. The lowest BCUT2D eigenvalue weighted by molar-refractivity contribution is -0.159. The molecule has 1 saturated heterocycles. The Balaban J connectivity index is 0.000000501. The minimum absolute atomic E-state index is 0.302. The summed E-state index contributed by atoms with van der Waals surface area (Å²) < 4.78 is 32.1. The number of carboxylic acid groups (broad SMARTS) is 2. The summed E-state index contributed by atoms with van der Waals surface area (Å²) in [6, 6.07) is 14.3. The first-order valence-electron chi connectivity index (χ1n) is 9.20. The van der Waals surface area contributed by atoms with Crippen LogP contribution < -0.4 is 4.74 Å². The van der Waals surface area contributed by atoms with Gasteiger partial charge in [-0.3, -0.25) is 4.90 Å². The molecule has 0 spiro atoms. The normalized spacial score (nSPS) is 14.9. The Morgan fingerprint density at radius 1 is 1.00 bits per heavy atom. The summed E-state index contributed by atoms with van der Waals surface area (Å²) >= 11 is 6.02. The Hall–Kier alpha value is -2.66. The fraction of sp³-hybridized carbons (Fsp3) is 0.300. The van der Waals surface area contributed by atoms with E-state index in [4.69, 9.17) is 36.1 Å². The SMILES string of the molecule is COc1ccc(S(=O)(=O)N2CCN(Cc3cccc(Cl)c3)CC2)cc1.O=C(O)C(=O)O. The van der Waals surface area contributed by atoms with Gasteiger partial charge in [0.25, 0.3) is 0 Å². The van der Waals surface area contributed by atoms with Crippen molar-refractivity contribution in [2.24, 2.45) is 0 Å². The summed E-state index contributed by atoms with van der Waals surface area (Å²) in [6.07, 6.45) is 0. The quantitative estimate of drug-likeness (QED) is 0.636. The summed E-state index contributed by atoms with van der Waals surface area (Å²) in [5.41, 5.74) is 1.14. The van der Waals surface area contributed by atoms with Gasteiger partial charge in [-0.25, -0.2) is 18.0 Å². The lowest BCUT2D eigenvalue weighted by atomic mass is 10.2. The van der Waals surface area contributed by atoms with Crippen LogP contribution in [0.25, 0.3) is 0 Å². The Morgan fingerprint density at radius 2 is 1.58 bits per heavy atom. The van der Waals surface area contributed by atoms with E-state index in [1.807, 2.05) is 24.3 Å². The zero-order valence-corrected chi connectivity index (χ0v) is 18.3. The van der Waals surface area contributed by atoms with Gasteiger partial charge in [0, 0.05) is 37.7 Å². The first-order chi connectivity index (χ1) is 14.6. The second-order valence-corrected chi connectivity index (χ2v) is 8.97. The van der Waals surface area contributed by atoms with Gasteiger partial charge in [-0.05, 0) is 42.0 Å². The van der Waals surface area contributed by atoms with E-state index in [1.165, 1.54) is 0 Å². The summed E-state index contributed by atoms with van der Waals surface area (Å²) in [7, 11) is -1.90. The molecule has 9 nitrogen and oxygen atoms in total. The molecule has 0 saturated carbocycles. The smallest absolute Gasteiger partial charge is 0.414 e. The van der Waals surface area contributed by atoms with Crippen molar-refractivity contribution in [3.8, 4) is 5.75 Å². The van der Waals surface area contributed by atoms with Gasteiger partial charge in [-0.1, -0.05) is 23.7 Å². The van der Waals surface area contributed by atoms with Crippen LogP contribution in [0, 0.1) is 0 Å². The molecular formula is C20H23ClN2O7S. The Kier molecular flexibility index (Phi) is 8.81. The number of methoxy groups -OCH3 is 1. The van der Waals surface area contributed by atoms with Gasteiger partial charge >= 0.3 is 11.9 Å². The molecule has 11 heteroatoms. The van der Waals surface area contributed by atoms with Crippen LogP contribution in [0.5, 0.6) is 5.75 Å². The molecule has 0 amide bonds. The fourth-order valence-corrected chi connectivity index (χ4v) is 4.55. The molecule has 168 valence electrons. The van der Waals surface area contributed by atoms with Gasteiger partial charge in [0.05, 0.1) is 12.0 Å². The third-order valence-corrected chi connectivity index (χ3v) is 6.65. The molecule has 31 heavy (non-hydrogen) atoms.